The highest BCUT2D eigenvalue weighted by atomic mass is 79.9. The number of imidazole rings is 1. The van der Waals surface area contributed by atoms with Crippen LogP contribution in [0.4, 0.5) is 4.39 Å². The van der Waals surface area contributed by atoms with Crippen molar-refractivity contribution in [3.8, 4) is 23.6 Å². The quantitative estimate of drug-likeness (QED) is 0.327. The molecule has 0 amide bonds. The van der Waals surface area contributed by atoms with Gasteiger partial charge < -0.3 is 14.5 Å². The lowest BCUT2D eigenvalue weighted by Crippen LogP contribution is -2.00. The Labute approximate surface area is 197 Å². The van der Waals surface area contributed by atoms with E-state index < -0.39 is 0 Å². The summed E-state index contributed by atoms with van der Waals surface area (Å²) in [5.74, 6) is 0.882. The molecule has 0 saturated heterocycles. The molecule has 0 fully saturated rings. The van der Waals surface area contributed by atoms with Crippen molar-refractivity contribution < 1.29 is 13.9 Å². The average molecular weight is 503 g/mol. The Morgan fingerprint density at radius 2 is 1.97 bits per heavy atom. The van der Waals surface area contributed by atoms with Gasteiger partial charge in [0.05, 0.1) is 35.3 Å². The minimum Gasteiger partial charge on any atom is -0.493 e. The van der Waals surface area contributed by atoms with Gasteiger partial charge in [-0.05, 0) is 48.0 Å². The SMILES string of the molecule is COc1cc(/C=C(/C#N)c2nc3ccc(F)cc3[nH]2)c(Br)cc1OCc1ccccc1C#N. The maximum Gasteiger partial charge on any atom is 0.162 e. The highest BCUT2D eigenvalue weighted by Gasteiger charge is 2.14. The van der Waals surface area contributed by atoms with Gasteiger partial charge in [-0.25, -0.2) is 9.37 Å². The fourth-order valence-corrected chi connectivity index (χ4v) is 3.70. The third kappa shape index (κ3) is 4.72. The van der Waals surface area contributed by atoms with Crippen molar-refractivity contribution in [2.75, 3.05) is 7.11 Å². The Kier molecular flexibility index (Phi) is 6.39. The predicted octanol–water partition coefficient (Wildman–Crippen LogP) is 5.99. The number of halogens is 2. The first-order valence-electron chi connectivity index (χ1n) is 9.78. The van der Waals surface area contributed by atoms with Gasteiger partial charge in [-0.3, -0.25) is 0 Å². The predicted molar refractivity (Wildman–Crippen MR) is 126 cm³/mol. The maximum absolute atomic E-state index is 13.5. The molecule has 0 atom stereocenters. The van der Waals surface area contributed by atoms with E-state index in [0.717, 1.165) is 5.56 Å². The first-order valence-corrected chi connectivity index (χ1v) is 10.6. The van der Waals surface area contributed by atoms with Gasteiger partial charge in [-0.2, -0.15) is 10.5 Å². The van der Waals surface area contributed by atoms with Crippen LogP contribution in [-0.4, -0.2) is 17.1 Å². The standard InChI is InChI=1S/C25H16BrFN4O2/c1-32-23-9-17(8-18(13-29)25-30-21-7-6-19(27)10-22(21)31-25)20(26)11-24(23)33-14-16-5-3-2-4-15(16)12-28/h2-11H,14H2,1H3,(H,30,31)/b18-8-. The number of rotatable bonds is 6. The summed E-state index contributed by atoms with van der Waals surface area (Å²) in [6.45, 7) is 0.195. The van der Waals surface area contributed by atoms with Gasteiger partial charge in [0.2, 0.25) is 0 Å². The van der Waals surface area contributed by atoms with E-state index in [9.17, 15) is 14.9 Å². The van der Waals surface area contributed by atoms with Gasteiger partial charge in [0.25, 0.3) is 0 Å². The molecule has 1 N–H and O–H groups in total. The van der Waals surface area contributed by atoms with Gasteiger partial charge >= 0.3 is 0 Å². The van der Waals surface area contributed by atoms with Crippen LogP contribution in [-0.2, 0) is 6.61 Å². The van der Waals surface area contributed by atoms with Crippen LogP contribution < -0.4 is 9.47 Å². The molecule has 0 spiro atoms. The second-order valence-corrected chi connectivity index (χ2v) is 7.85. The lowest BCUT2D eigenvalue weighted by molar-refractivity contribution is 0.284. The molecule has 0 radical (unpaired) electrons. The fourth-order valence-electron chi connectivity index (χ4n) is 3.26. The Morgan fingerprint density at radius 1 is 1.15 bits per heavy atom. The maximum atomic E-state index is 13.5. The normalized spacial score (nSPS) is 11.1. The number of nitrogens with one attached hydrogen (secondary N) is 1. The number of H-pyrrole nitrogens is 1. The Morgan fingerprint density at radius 3 is 2.73 bits per heavy atom. The van der Waals surface area contributed by atoms with E-state index in [4.69, 9.17) is 9.47 Å². The number of benzene rings is 3. The van der Waals surface area contributed by atoms with Gasteiger partial charge in [-0.1, -0.05) is 34.1 Å². The summed E-state index contributed by atoms with van der Waals surface area (Å²) in [5.41, 5.74) is 3.30. The zero-order chi connectivity index (χ0) is 23.4. The third-order valence-electron chi connectivity index (χ3n) is 4.92. The molecule has 0 saturated carbocycles. The Hall–Kier alpha value is -4.14. The molecule has 4 rings (SSSR count). The lowest BCUT2D eigenvalue weighted by atomic mass is 10.1. The number of fused-ring (bicyclic) bond motifs is 1. The van der Waals surface area contributed by atoms with Crippen molar-refractivity contribution in [1.82, 2.24) is 9.97 Å². The molecule has 33 heavy (non-hydrogen) atoms. The lowest BCUT2D eigenvalue weighted by Gasteiger charge is -2.13. The van der Waals surface area contributed by atoms with Crippen LogP contribution in [0.15, 0.2) is 59.1 Å². The van der Waals surface area contributed by atoms with Crippen molar-refractivity contribution in [1.29, 1.82) is 10.5 Å². The Balaban J connectivity index is 1.65. The zero-order valence-corrected chi connectivity index (χ0v) is 19.0. The third-order valence-corrected chi connectivity index (χ3v) is 5.61. The van der Waals surface area contributed by atoms with E-state index in [0.29, 0.717) is 44.0 Å². The van der Waals surface area contributed by atoms with Gasteiger partial charge in [0.15, 0.2) is 11.5 Å². The first kappa shape index (κ1) is 22.1. The van der Waals surface area contributed by atoms with E-state index in [-0.39, 0.29) is 18.0 Å². The van der Waals surface area contributed by atoms with Crippen LogP contribution >= 0.6 is 15.9 Å². The van der Waals surface area contributed by atoms with E-state index in [1.807, 2.05) is 12.1 Å². The second-order valence-electron chi connectivity index (χ2n) is 7.00. The van der Waals surface area contributed by atoms with Crippen LogP contribution in [0.2, 0.25) is 0 Å². The Bertz CT molecular complexity index is 1460. The molecular formula is C25H16BrFN4O2. The van der Waals surface area contributed by atoms with Crippen LogP contribution in [0.1, 0.15) is 22.5 Å². The van der Waals surface area contributed by atoms with E-state index in [2.05, 4.69) is 38.0 Å². The number of aromatic amines is 1. The molecule has 0 bridgehead atoms. The minimum absolute atomic E-state index is 0.195. The van der Waals surface area contributed by atoms with Gasteiger partial charge in [-0.15, -0.1) is 0 Å². The molecule has 8 heteroatoms. The number of aromatic nitrogens is 2. The van der Waals surface area contributed by atoms with E-state index in [1.165, 1.54) is 19.2 Å². The monoisotopic (exact) mass is 502 g/mol. The van der Waals surface area contributed by atoms with Crippen LogP contribution in [0.25, 0.3) is 22.7 Å². The van der Waals surface area contributed by atoms with Crippen molar-refractivity contribution in [2.45, 2.75) is 6.61 Å². The summed E-state index contributed by atoms with van der Waals surface area (Å²) in [6.07, 6.45) is 1.65. The molecule has 0 aliphatic rings. The largest absolute Gasteiger partial charge is 0.493 e. The molecule has 3 aromatic carbocycles. The molecular weight excluding hydrogens is 487 g/mol. The molecule has 0 unspecified atom stereocenters. The number of hydrogen-bond donors (Lipinski definition) is 1. The summed E-state index contributed by atoms with van der Waals surface area (Å²) in [6, 6.07) is 19.1. The number of methoxy groups -OCH3 is 1. The summed E-state index contributed by atoms with van der Waals surface area (Å²) >= 11 is 3.52. The summed E-state index contributed by atoms with van der Waals surface area (Å²) in [7, 11) is 1.52. The first-order chi connectivity index (χ1) is 16.0. The second kappa shape index (κ2) is 9.56. The minimum atomic E-state index is -0.388. The van der Waals surface area contributed by atoms with Gasteiger partial charge in [0.1, 0.15) is 24.3 Å². The average Bonchev–Trinajstić information content (AvgIpc) is 3.25. The molecule has 0 aliphatic carbocycles. The van der Waals surface area contributed by atoms with Crippen molar-refractivity contribution in [3.63, 3.8) is 0 Å². The smallest absolute Gasteiger partial charge is 0.162 e. The highest BCUT2D eigenvalue weighted by molar-refractivity contribution is 9.10. The van der Waals surface area contributed by atoms with Crippen LogP contribution in [0.5, 0.6) is 11.5 Å². The number of nitrogens with zero attached hydrogens (tertiary/aromatic N) is 3. The fraction of sp³-hybridized carbons (Fsp3) is 0.0800. The summed E-state index contributed by atoms with van der Waals surface area (Å²) < 4.78 is 25.6. The van der Waals surface area contributed by atoms with Crippen molar-refractivity contribution in [2.24, 2.45) is 0 Å². The number of ether oxygens (including phenoxy) is 2. The van der Waals surface area contributed by atoms with E-state index >= 15 is 0 Å². The summed E-state index contributed by atoms with van der Waals surface area (Å²) in [5, 5.41) is 19.0. The zero-order valence-electron chi connectivity index (χ0n) is 17.4. The number of allylic oxidation sites excluding steroid dienone is 1. The number of hydrogen-bond acceptors (Lipinski definition) is 5. The molecule has 1 heterocycles. The molecule has 1 aromatic heterocycles. The molecule has 4 aromatic rings. The molecule has 162 valence electrons. The summed E-state index contributed by atoms with van der Waals surface area (Å²) in [4.78, 5) is 7.36. The highest BCUT2D eigenvalue weighted by Crippen LogP contribution is 2.36. The molecule has 0 aliphatic heterocycles. The topological polar surface area (TPSA) is 94.7 Å². The van der Waals surface area contributed by atoms with Crippen molar-refractivity contribution >= 4 is 38.6 Å². The number of nitriles is 2. The molecule has 6 nitrogen and oxygen atoms in total. The van der Waals surface area contributed by atoms with E-state index in [1.54, 1.807) is 36.4 Å². The van der Waals surface area contributed by atoms with Gasteiger partial charge in [0, 0.05) is 10.0 Å². The van der Waals surface area contributed by atoms with Crippen molar-refractivity contribution in [3.05, 3.63) is 87.4 Å². The van der Waals surface area contributed by atoms with Crippen LogP contribution in [0, 0.1) is 28.5 Å². The van der Waals surface area contributed by atoms with Crippen LogP contribution in [0.3, 0.4) is 0 Å².